The number of nitrogens with zero attached hydrogens (tertiary/aromatic N) is 1. The summed E-state index contributed by atoms with van der Waals surface area (Å²) < 4.78 is 5.14. The molecule has 0 aliphatic rings. The lowest BCUT2D eigenvalue weighted by molar-refractivity contribution is 0.215. The van der Waals surface area contributed by atoms with Gasteiger partial charge in [-0.05, 0) is 43.3 Å². The number of para-hydroxylation sites is 1. The van der Waals surface area contributed by atoms with Crippen molar-refractivity contribution in [1.29, 1.82) is 0 Å². The maximum atomic E-state index is 11.7. The van der Waals surface area contributed by atoms with Crippen LogP contribution in [0.1, 0.15) is 27.7 Å². The van der Waals surface area contributed by atoms with Gasteiger partial charge in [-0.3, -0.25) is 5.32 Å². The third-order valence-electron chi connectivity index (χ3n) is 2.73. The Bertz CT molecular complexity index is 710. The molecule has 2 aromatic rings. The number of aromatic nitrogens is 1. The number of rotatable bonds is 2. The highest BCUT2D eigenvalue weighted by molar-refractivity contribution is 5.85. The lowest BCUT2D eigenvalue weighted by Crippen LogP contribution is -2.29. The Morgan fingerprint density at radius 2 is 1.73 bits per heavy atom. The van der Waals surface area contributed by atoms with Gasteiger partial charge in [-0.2, -0.15) is 0 Å². The Morgan fingerprint density at radius 1 is 1.05 bits per heavy atom. The number of anilines is 1. The SMILES string of the molecule is C/C=c1/ccc(NC(=O)Oc2ccccc2)n/c1=C/C.CC. The molecular formula is C18H22N2O2. The van der Waals surface area contributed by atoms with E-state index in [0.717, 1.165) is 10.6 Å². The fraction of sp³-hybridized carbons (Fsp3) is 0.222. The highest BCUT2D eigenvalue weighted by atomic mass is 16.6. The van der Waals surface area contributed by atoms with Crippen LogP contribution in [0.2, 0.25) is 0 Å². The van der Waals surface area contributed by atoms with Crippen molar-refractivity contribution < 1.29 is 9.53 Å². The number of hydrogen-bond acceptors (Lipinski definition) is 3. The summed E-state index contributed by atoms with van der Waals surface area (Å²) in [6.07, 6.45) is 3.30. The van der Waals surface area contributed by atoms with Gasteiger partial charge in [0.25, 0.3) is 0 Å². The molecule has 0 unspecified atom stereocenters. The molecule has 1 N–H and O–H groups in total. The molecule has 0 fully saturated rings. The zero-order chi connectivity index (χ0) is 16.4. The van der Waals surface area contributed by atoms with Crippen LogP contribution in [0.3, 0.4) is 0 Å². The number of amides is 1. The van der Waals surface area contributed by atoms with E-state index >= 15 is 0 Å². The maximum absolute atomic E-state index is 11.7. The molecule has 116 valence electrons. The van der Waals surface area contributed by atoms with Gasteiger partial charge in [0.1, 0.15) is 11.6 Å². The first-order chi connectivity index (χ1) is 10.7. The van der Waals surface area contributed by atoms with Gasteiger partial charge in [-0.15, -0.1) is 0 Å². The number of nitrogens with one attached hydrogen (secondary N) is 1. The quantitative estimate of drug-likeness (QED) is 0.925. The maximum Gasteiger partial charge on any atom is 0.418 e. The number of carbonyl (C=O) groups is 1. The van der Waals surface area contributed by atoms with E-state index in [1.165, 1.54) is 0 Å². The summed E-state index contributed by atoms with van der Waals surface area (Å²) in [7, 11) is 0. The van der Waals surface area contributed by atoms with Crippen LogP contribution in [0.15, 0.2) is 42.5 Å². The van der Waals surface area contributed by atoms with E-state index in [4.69, 9.17) is 4.74 Å². The van der Waals surface area contributed by atoms with Crippen molar-refractivity contribution in [3.8, 4) is 5.75 Å². The van der Waals surface area contributed by atoms with Gasteiger partial charge in [-0.1, -0.05) is 44.2 Å². The van der Waals surface area contributed by atoms with Crippen LogP contribution >= 0.6 is 0 Å². The van der Waals surface area contributed by atoms with Crippen LogP contribution in [-0.2, 0) is 0 Å². The van der Waals surface area contributed by atoms with Crippen molar-refractivity contribution >= 4 is 24.1 Å². The summed E-state index contributed by atoms with van der Waals surface area (Å²) in [4.78, 5) is 16.1. The lowest BCUT2D eigenvalue weighted by Gasteiger charge is -2.05. The van der Waals surface area contributed by atoms with Gasteiger partial charge in [0.05, 0.1) is 5.35 Å². The molecule has 0 spiro atoms. The number of pyridine rings is 1. The molecule has 1 aromatic carbocycles. The Labute approximate surface area is 131 Å². The molecule has 0 saturated heterocycles. The topological polar surface area (TPSA) is 51.2 Å². The molecule has 1 heterocycles. The first-order valence-electron chi connectivity index (χ1n) is 7.36. The highest BCUT2D eigenvalue weighted by Gasteiger charge is 2.05. The van der Waals surface area contributed by atoms with Crippen LogP contribution in [0.5, 0.6) is 5.75 Å². The van der Waals surface area contributed by atoms with Crippen LogP contribution in [0.4, 0.5) is 10.6 Å². The summed E-state index contributed by atoms with van der Waals surface area (Å²) >= 11 is 0. The lowest BCUT2D eigenvalue weighted by atomic mass is 10.3. The van der Waals surface area contributed by atoms with E-state index in [2.05, 4.69) is 10.3 Å². The summed E-state index contributed by atoms with van der Waals surface area (Å²) in [6.45, 7) is 7.85. The van der Waals surface area contributed by atoms with Crippen molar-refractivity contribution in [3.63, 3.8) is 0 Å². The van der Waals surface area contributed by atoms with Crippen LogP contribution in [0, 0.1) is 0 Å². The van der Waals surface area contributed by atoms with E-state index in [9.17, 15) is 4.79 Å². The molecule has 22 heavy (non-hydrogen) atoms. The van der Waals surface area contributed by atoms with E-state index in [0.29, 0.717) is 11.6 Å². The molecule has 1 aromatic heterocycles. The first-order valence-corrected chi connectivity index (χ1v) is 7.36. The van der Waals surface area contributed by atoms with Crippen molar-refractivity contribution in [2.24, 2.45) is 0 Å². The molecule has 0 atom stereocenters. The predicted molar refractivity (Wildman–Crippen MR) is 91.2 cm³/mol. The van der Waals surface area contributed by atoms with Crippen molar-refractivity contribution in [3.05, 3.63) is 53.0 Å². The van der Waals surface area contributed by atoms with Gasteiger partial charge < -0.3 is 4.74 Å². The van der Waals surface area contributed by atoms with Crippen molar-refractivity contribution in [2.75, 3.05) is 5.32 Å². The Balaban J connectivity index is 0.00000116. The fourth-order valence-electron chi connectivity index (χ4n) is 1.76. The van der Waals surface area contributed by atoms with E-state index < -0.39 is 6.09 Å². The molecule has 0 aliphatic carbocycles. The molecule has 0 bridgehead atoms. The summed E-state index contributed by atoms with van der Waals surface area (Å²) in [5, 5.41) is 4.46. The van der Waals surface area contributed by atoms with Gasteiger partial charge in [0.15, 0.2) is 0 Å². The van der Waals surface area contributed by atoms with Crippen molar-refractivity contribution in [2.45, 2.75) is 27.7 Å². The van der Waals surface area contributed by atoms with Gasteiger partial charge in [0.2, 0.25) is 0 Å². The number of benzene rings is 1. The predicted octanol–water partition coefficient (Wildman–Crippen LogP) is 3.32. The monoisotopic (exact) mass is 298 g/mol. The molecule has 1 amide bonds. The minimum Gasteiger partial charge on any atom is -0.410 e. The minimum absolute atomic E-state index is 0.463. The number of ether oxygens (including phenoxy) is 1. The van der Waals surface area contributed by atoms with Gasteiger partial charge in [-0.25, -0.2) is 9.78 Å². The Hall–Kier alpha value is -2.62. The zero-order valence-corrected chi connectivity index (χ0v) is 13.5. The molecule has 0 saturated carbocycles. The molecule has 4 heteroatoms. The first kappa shape index (κ1) is 17.4. The van der Waals surface area contributed by atoms with E-state index in [-0.39, 0.29) is 0 Å². The minimum atomic E-state index is -0.556. The number of carbonyl (C=O) groups excluding carboxylic acids is 1. The van der Waals surface area contributed by atoms with Gasteiger partial charge >= 0.3 is 6.09 Å². The largest absolute Gasteiger partial charge is 0.418 e. The normalized spacial score (nSPS) is 11.5. The molecule has 2 rings (SSSR count). The zero-order valence-electron chi connectivity index (χ0n) is 13.5. The van der Waals surface area contributed by atoms with Crippen molar-refractivity contribution in [1.82, 2.24) is 4.98 Å². The second-order valence-corrected chi connectivity index (χ2v) is 4.08. The summed E-state index contributed by atoms with van der Waals surface area (Å²) in [5.74, 6) is 0.954. The van der Waals surface area contributed by atoms with Crippen LogP contribution < -0.4 is 20.6 Å². The second kappa shape index (κ2) is 9.34. The van der Waals surface area contributed by atoms with Gasteiger partial charge in [0, 0.05) is 0 Å². The summed E-state index contributed by atoms with van der Waals surface area (Å²) in [6, 6.07) is 12.5. The molecule has 4 nitrogen and oxygen atoms in total. The van der Waals surface area contributed by atoms with E-state index in [1.807, 2.05) is 52.0 Å². The molecular weight excluding hydrogens is 276 g/mol. The fourth-order valence-corrected chi connectivity index (χ4v) is 1.76. The molecule has 0 radical (unpaired) electrons. The van der Waals surface area contributed by atoms with Crippen LogP contribution in [-0.4, -0.2) is 11.1 Å². The average molecular weight is 298 g/mol. The Kier molecular flexibility index (Phi) is 7.40. The smallest absolute Gasteiger partial charge is 0.410 e. The third-order valence-corrected chi connectivity index (χ3v) is 2.73. The Morgan fingerprint density at radius 3 is 2.32 bits per heavy atom. The summed E-state index contributed by atoms with van der Waals surface area (Å²) in [5.41, 5.74) is 0. The van der Waals surface area contributed by atoms with Crippen LogP contribution in [0.25, 0.3) is 12.2 Å². The highest BCUT2D eigenvalue weighted by Crippen LogP contribution is 2.09. The molecule has 0 aliphatic heterocycles. The van der Waals surface area contributed by atoms with E-state index in [1.54, 1.807) is 30.3 Å². The third kappa shape index (κ3) is 5.05. The standard InChI is InChI=1S/C16H16N2O2.C2H6/c1-3-12-10-11-15(17-14(12)4-2)18-16(19)20-13-8-6-5-7-9-13;1-2/h3-11H,1-2H3,(H,17,18,19);1-2H3/b12-3-,14-4+;. The second-order valence-electron chi connectivity index (χ2n) is 4.08. The average Bonchev–Trinajstić information content (AvgIpc) is 2.57. The number of hydrogen-bond donors (Lipinski definition) is 1.